The number of fused-ring (bicyclic) bond motifs is 2. The average Bonchev–Trinajstić information content (AvgIpc) is 2.85. The van der Waals surface area contributed by atoms with Gasteiger partial charge in [0.05, 0.1) is 30.7 Å². The predicted octanol–water partition coefficient (Wildman–Crippen LogP) is 4.97. The minimum atomic E-state index is -0.552. The van der Waals surface area contributed by atoms with E-state index in [2.05, 4.69) is 10.3 Å². The quantitative estimate of drug-likeness (QED) is 0.343. The number of benzene rings is 3. The molecule has 1 heterocycles. The van der Waals surface area contributed by atoms with Crippen LogP contribution < -0.4 is 10.7 Å². The number of esters is 2. The van der Waals surface area contributed by atoms with Gasteiger partial charge in [0.2, 0.25) is 0 Å². The zero-order valence-electron chi connectivity index (χ0n) is 20.0. The number of carbonyl (C=O) groups is 2. The molecule has 0 saturated heterocycles. The second-order valence-electron chi connectivity index (χ2n) is 7.99. The van der Waals surface area contributed by atoms with E-state index >= 15 is 0 Å². The van der Waals surface area contributed by atoms with Crippen LogP contribution in [0.1, 0.15) is 31.8 Å². The maximum atomic E-state index is 12.9. The lowest BCUT2D eigenvalue weighted by molar-refractivity contribution is 0.0600. The van der Waals surface area contributed by atoms with E-state index < -0.39 is 11.9 Å². The summed E-state index contributed by atoms with van der Waals surface area (Å²) >= 11 is 0. The summed E-state index contributed by atoms with van der Waals surface area (Å²) < 4.78 is 16.2. The maximum absolute atomic E-state index is 12.9. The molecule has 0 radical (unpaired) electrons. The summed E-state index contributed by atoms with van der Waals surface area (Å²) in [6.07, 6.45) is 0. The van der Waals surface area contributed by atoms with E-state index in [0.29, 0.717) is 16.9 Å². The molecule has 7 heteroatoms. The molecule has 34 heavy (non-hydrogen) atoms. The zero-order chi connectivity index (χ0) is 24.6. The first kappa shape index (κ1) is 23.0. The molecule has 2 aromatic carbocycles. The van der Waals surface area contributed by atoms with Crippen LogP contribution in [0.4, 0.5) is 5.69 Å². The number of carbonyl (C=O) groups excluding carboxylic acids is 2. The fraction of sp³-hybridized carbons (Fsp3) is 0.222. The van der Waals surface area contributed by atoms with Crippen LogP contribution in [0, 0.1) is 13.8 Å². The Labute approximate surface area is 197 Å². The van der Waals surface area contributed by atoms with E-state index in [-0.39, 0.29) is 11.1 Å². The SMILES string of the molecule is C/N=c1/cc2oc3cc(NC)c(C)cc3c(-c3ccc(C(=O)OC)cc3C(=O)OC)c-2cc1C. The van der Waals surface area contributed by atoms with Crippen molar-refractivity contribution in [2.45, 2.75) is 13.8 Å². The van der Waals surface area contributed by atoms with Crippen molar-refractivity contribution in [3.8, 4) is 22.5 Å². The number of nitrogens with one attached hydrogen (secondary N) is 1. The van der Waals surface area contributed by atoms with Crippen LogP contribution in [0.3, 0.4) is 0 Å². The van der Waals surface area contributed by atoms with Crippen molar-refractivity contribution < 1.29 is 23.5 Å². The number of hydrogen-bond donors (Lipinski definition) is 1. The van der Waals surface area contributed by atoms with E-state index in [0.717, 1.165) is 38.7 Å². The number of ether oxygens (including phenoxy) is 2. The second kappa shape index (κ2) is 9.02. The van der Waals surface area contributed by atoms with Crippen molar-refractivity contribution in [2.24, 2.45) is 4.99 Å². The van der Waals surface area contributed by atoms with Gasteiger partial charge in [0.1, 0.15) is 11.3 Å². The van der Waals surface area contributed by atoms with Gasteiger partial charge < -0.3 is 19.2 Å². The summed E-state index contributed by atoms with van der Waals surface area (Å²) in [5.41, 5.74) is 6.36. The van der Waals surface area contributed by atoms with Crippen molar-refractivity contribution >= 4 is 28.6 Å². The Morgan fingerprint density at radius 3 is 2.29 bits per heavy atom. The van der Waals surface area contributed by atoms with Crippen LogP contribution in [0.15, 0.2) is 51.9 Å². The summed E-state index contributed by atoms with van der Waals surface area (Å²) in [5.74, 6) is -0.454. The predicted molar refractivity (Wildman–Crippen MR) is 131 cm³/mol. The van der Waals surface area contributed by atoms with E-state index in [1.807, 2.05) is 45.2 Å². The molecular formula is C27H26N2O5. The molecule has 0 bridgehead atoms. The molecule has 0 fully saturated rings. The molecule has 1 aliphatic carbocycles. The van der Waals surface area contributed by atoms with Gasteiger partial charge in [0, 0.05) is 48.4 Å². The number of rotatable bonds is 4. The fourth-order valence-corrected chi connectivity index (χ4v) is 4.27. The van der Waals surface area contributed by atoms with Gasteiger partial charge in [-0.2, -0.15) is 0 Å². The van der Waals surface area contributed by atoms with E-state index in [1.165, 1.54) is 20.3 Å². The lowest BCUT2D eigenvalue weighted by atomic mass is 9.88. The molecule has 2 aliphatic rings. The molecule has 0 saturated carbocycles. The van der Waals surface area contributed by atoms with E-state index in [9.17, 15) is 9.59 Å². The topological polar surface area (TPSA) is 90.1 Å². The van der Waals surface area contributed by atoms with Crippen molar-refractivity contribution in [1.82, 2.24) is 0 Å². The number of methoxy groups -OCH3 is 2. The third kappa shape index (κ3) is 3.79. The summed E-state index contributed by atoms with van der Waals surface area (Å²) in [6, 6.07) is 12.8. The minimum Gasteiger partial charge on any atom is -0.465 e. The van der Waals surface area contributed by atoms with Gasteiger partial charge in [0.15, 0.2) is 0 Å². The maximum Gasteiger partial charge on any atom is 0.338 e. The van der Waals surface area contributed by atoms with Crippen molar-refractivity contribution in [1.29, 1.82) is 0 Å². The van der Waals surface area contributed by atoms with Gasteiger partial charge in [0.25, 0.3) is 0 Å². The summed E-state index contributed by atoms with van der Waals surface area (Å²) in [7, 11) is 6.21. The van der Waals surface area contributed by atoms with Gasteiger partial charge in [-0.25, -0.2) is 9.59 Å². The van der Waals surface area contributed by atoms with Crippen molar-refractivity contribution in [2.75, 3.05) is 33.6 Å². The van der Waals surface area contributed by atoms with Gasteiger partial charge in [-0.05, 0) is 54.8 Å². The Bertz CT molecular complexity index is 1480. The lowest BCUT2D eigenvalue weighted by Gasteiger charge is -2.19. The monoisotopic (exact) mass is 458 g/mol. The van der Waals surface area contributed by atoms with Gasteiger partial charge in [-0.1, -0.05) is 6.07 Å². The van der Waals surface area contributed by atoms with Crippen LogP contribution in [0.5, 0.6) is 0 Å². The Morgan fingerprint density at radius 2 is 1.65 bits per heavy atom. The fourth-order valence-electron chi connectivity index (χ4n) is 4.27. The number of hydrogen-bond acceptors (Lipinski definition) is 7. The van der Waals surface area contributed by atoms with Crippen LogP contribution in [0.25, 0.3) is 33.4 Å². The number of anilines is 1. The highest BCUT2D eigenvalue weighted by Crippen LogP contribution is 2.43. The summed E-state index contributed by atoms with van der Waals surface area (Å²) in [4.78, 5) is 29.4. The normalized spacial score (nSPS) is 11.6. The highest BCUT2D eigenvalue weighted by molar-refractivity contribution is 6.09. The highest BCUT2D eigenvalue weighted by Gasteiger charge is 2.24. The number of nitrogens with zero attached hydrogens (tertiary/aromatic N) is 1. The Hall–Kier alpha value is -4.13. The van der Waals surface area contributed by atoms with Crippen molar-refractivity contribution in [3.05, 3.63) is 70.1 Å². The molecule has 7 nitrogen and oxygen atoms in total. The Morgan fingerprint density at radius 1 is 0.912 bits per heavy atom. The molecule has 174 valence electrons. The summed E-state index contributed by atoms with van der Waals surface area (Å²) in [5, 5.41) is 4.84. The summed E-state index contributed by atoms with van der Waals surface area (Å²) in [6.45, 7) is 3.98. The molecule has 1 N–H and O–H groups in total. The molecule has 0 aromatic heterocycles. The zero-order valence-corrected chi connectivity index (χ0v) is 20.0. The van der Waals surface area contributed by atoms with Crippen LogP contribution >= 0.6 is 0 Å². The van der Waals surface area contributed by atoms with Crippen molar-refractivity contribution in [3.63, 3.8) is 0 Å². The molecule has 0 amide bonds. The molecular weight excluding hydrogens is 432 g/mol. The lowest BCUT2D eigenvalue weighted by Crippen LogP contribution is -2.10. The highest BCUT2D eigenvalue weighted by atomic mass is 16.5. The van der Waals surface area contributed by atoms with Gasteiger partial charge in [-0.15, -0.1) is 0 Å². The van der Waals surface area contributed by atoms with Crippen LogP contribution in [-0.4, -0.2) is 40.3 Å². The molecule has 0 unspecified atom stereocenters. The smallest absolute Gasteiger partial charge is 0.338 e. The van der Waals surface area contributed by atoms with E-state index in [4.69, 9.17) is 13.9 Å². The third-order valence-electron chi connectivity index (χ3n) is 6.01. The Balaban J connectivity index is 2.20. The second-order valence-corrected chi connectivity index (χ2v) is 7.99. The molecule has 1 aliphatic heterocycles. The number of aryl methyl sites for hydroxylation is 2. The van der Waals surface area contributed by atoms with Crippen LogP contribution in [-0.2, 0) is 9.47 Å². The standard InChI is InChI=1S/C27H26N2O5/c1-14-9-19-23(12-21(14)28-3)34-24-13-22(29-4)15(2)10-20(24)25(19)17-8-7-16(26(30)32-5)11-18(17)27(31)33-6/h7-13,28H,1-6H3/b29-22-. The van der Waals surface area contributed by atoms with Gasteiger partial charge in [-0.3, -0.25) is 4.99 Å². The largest absolute Gasteiger partial charge is 0.465 e. The van der Waals surface area contributed by atoms with Crippen LogP contribution in [0.2, 0.25) is 0 Å². The molecule has 2 aromatic rings. The molecule has 0 atom stereocenters. The first-order valence-corrected chi connectivity index (χ1v) is 10.8. The van der Waals surface area contributed by atoms with E-state index in [1.54, 1.807) is 19.2 Å². The minimum absolute atomic E-state index is 0.261. The molecule has 4 rings (SSSR count). The molecule has 0 spiro atoms. The average molecular weight is 459 g/mol. The Kier molecular flexibility index (Phi) is 6.11. The van der Waals surface area contributed by atoms with Gasteiger partial charge >= 0.3 is 11.9 Å². The first-order valence-electron chi connectivity index (χ1n) is 10.8. The first-order chi connectivity index (χ1) is 16.3. The third-order valence-corrected chi connectivity index (χ3v) is 6.01.